The van der Waals surface area contributed by atoms with Crippen LogP contribution in [0.5, 0.6) is 11.6 Å². The third-order valence-electron chi connectivity index (χ3n) is 4.35. The number of nitrogens with one attached hydrogen (secondary N) is 1. The van der Waals surface area contributed by atoms with Crippen LogP contribution in [-0.2, 0) is 9.53 Å². The number of carbonyl (C=O) groups excluding carboxylic acids is 2. The standard InChI is InChI=1S/C20H21N3O5/c1-11(2)28-17-7-15-14(6-12(17)8-21)16(20(25)26-3)9-22-19(15)27-10-13-4-5-18(24)23-13/h6-7,9,11,13H,4-5,10H2,1-3H3,(H,23,24). The molecule has 1 aromatic heterocycles. The number of amides is 1. The Morgan fingerprint density at radius 2 is 2.18 bits per heavy atom. The molecule has 3 rings (SSSR count). The van der Waals surface area contributed by atoms with E-state index in [0.29, 0.717) is 40.8 Å². The summed E-state index contributed by atoms with van der Waals surface area (Å²) in [5.74, 6) is 0.113. The van der Waals surface area contributed by atoms with E-state index in [4.69, 9.17) is 14.2 Å². The van der Waals surface area contributed by atoms with E-state index in [1.165, 1.54) is 13.3 Å². The minimum absolute atomic E-state index is 0.00117. The van der Waals surface area contributed by atoms with E-state index in [1.807, 2.05) is 13.8 Å². The highest BCUT2D eigenvalue weighted by Crippen LogP contribution is 2.33. The maximum Gasteiger partial charge on any atom is 0.340 e. The minimum atomic E-state index is -0.562. The number of hydrogen-bond donors (Lipinski definition) is 1. The number of pyridine rings is 1. The van der Waals surface area contributed by atoms with E-state index >= 15 is 0 Å². The smallest absolute Gasteiger partial charge is 0.340 e. The van der Waals surface area contributed by atoms with Gasteiger partial charge in [-0.15, -0.1) is 0 Å². The third kappa shape index (κ3) is 3.98. The first-order chi connectivity index (χ1) is 13.4. The average Bonchev–Trinajstić information content (AvgIpc) is 3.09. The van der Waals surface area contributed by atoms with Crippen LogP contribution >= 0.6 is 0 Å². The van der Waals surface area contributed by atoms with Crippen LogP contribution in [0.15, 0.2) is 18.3 Å². The lowest BCUT2D eigenvalue weighted by Crippen LogP contribution is -2.31. The predicted molar refractivity (Wildman–Crippen MR) is 100 cm³/mol. The van der Waals surface area contributed by atoms with Crippen molar-refractivity contribution >= 4 is 22.6 Å². The molecule has 28 heavy (non-hydrogen) atoms. The summed E-state index contributed by atoms with van der Waals surface area (Å²) in [5.41, 5.74) is 0.526. The van der Waals surface area contributed by atoms with E-state index in [1.54, 1.807) is 12.1 Å². The Hall–Kier alpha value is -3.34. The summed E-state index contributed by atoms with van der Waals surface area (Å²) in [4.78, 5) is 27.8. The number of aromatic nitrogens is 1. The summed E-state index contributed by atoms with van der Waals surface area (Å²) in [6.07, 6.45) is 2.39. The number of nitrogens with zero attached hydrogens (tertiary/aromatic N) is 2. The number of rotatable bonds is 6. The number of fused-ring (bicyclic) bond motifs is 1. The predicted octanol–water partition coefficient (Wildman–Crippen LogP) is 2.34. The molecule has 1 saturated heterocycles. The monoisotopic (exact) mass is 383 g/mol. The highest BCUT2D eigenvalue weighted by Gasteiger charge is 2.23. The van der Waals surface area contributed by atoms with Crippen molar-refractivity contribution < 1.29 is 23.8 Å². The molecule has 0 spiro atoms. The van der Waals surface area contributed by atoms with Gasteiger partial charge in [0.05, 0.1) is 30.4 Å². The van der Waals surface area contributed by atoms with Crippen LogP contribution in [0.1, 0.15) is 42.6 Å². The zero-order valence-electron chi connectivity index (χ0n) is 15.9. The van der Waals surface area contributed by atoms with Gasteiger partial charge in [0.1, 0.15) is 18.4 Å². The zero-order valence-corrected chi connectivity index (χ0v) is 15.9. The van der Waals surface area contributed by atoms with Gasteiger partial charge in [-0.1, -0.05) is 0 Å². The van der Waals surface area contributed by atoms with Gasteiger partial charge in [-0.25, -0.2) is 9.78 Å². The first-order valence-corrected chi connectivity index (χ1v) is 8.97. The van der Waals surface area contributed by atoms with Crippen molar-refractivity contribution in [2.75, 3.05) is 13.7 Å². The second kappa shape index (κ2) is 8.13. The molecule has 1 aliphatic rings. The van der Waals surface area contributed by atoms with Crippen molar-refractivity contribution in [3.8, 4) is 17.7 Å². The van der Waals surface area contributed by atoms with Crippen LogP contribution in [0.25, 0.3) is 10.8 Å². The van der Waals surface area contributed by atoms with Gasteiger partial charge in [-0.2, -0.15) is 5.26 Å². The van der Waals surface area contributed by atoms with Crippen LogP contribution in [0.2, 0.25) is 0 Å². The van der Waals surface area contributed by atoms with Gasteiger partial charge in [-0.3, -0.25) is 4.79 Å². The topological polar surface area (TPSA) is 111 Å². The number of carbonyl (C=O) groups is 2. The second-order valence-electron chi connectivity index (χ2n) is 6.76. The third-order valence-corrected chi connectivity index (χ3v) is 4.35. The fourth-order valence-corrected chi connectivity index (χ4v) is 3.05. The molecule has 2 aromatic rings. The Balaban J connectivity index is 2.06. The molecule has 146 valence electrons. The fourth-order valence-electron chi connectivity index (χ4n) is 3.05. The summed E-state index contributed by atoms with van der Waals surface area (Å²) < 4.78 is 16.4. The van der Waals surface area contributed by atoms with Gasteiger partial charge >= 0.3 is 5.97 Å². The lowest BCUT2D eigenvalue weighted by atomic mass is 10.0. The van der Waals surface area contributed by atoms with Crippen LogP contribution in [0, 0.1) is 11.3 Å². The number of benzene rings is 1. The van der Waals surface area contributed by atoms with E-state index < -0.39 is 5.97 Å². The molecule has 1 atom stereocenters. The molecule has 8 nitrogen and oxygen atoms in total. The van der Waals surface area contributed by atoms with Crippen molar-refractivity contribution in [1.82, 2.24) is 10.3 Å². The summed E-state index contributed by atoms with van der Waals surface area (Å²) in [5, 5.41) is 13.3. The SMILES string of the molecule is COC(=O)c1cnc(OCC2CCC(=O)N2)c2cc(OC(C)C)c(C#N)cc12. The van der Waals surface area contributed by atoms with Crippen LogP contribution < -0.4 is 14.8 Å². The van der Waals surface area contributed by atoms with Gasteiger partial charge in [0.2, 0.25) is 11.8 Å². The average molecular weight is 383 g/mol. The molecule has 8 heteroatoms. The quantitative estimate of drug-likeness (QED) is 0.762. The van der Waals surface area contributed by atoms with Crippen LogP contribution in [0.3, 0.4) is 0 Å². The van der Waals surface area contributed by atoms with Crippen LogP contribution in [0.4, 0.5) is 0 Å². The first kappa shape index (κ1) is 19.4. The van der Waals surface area contributed by atoms with Crippen molar-refractivity contribution in [3.63, 3.8) is 0 Å². The molecule has 1 aliphatic heterocycles. The molecule has 1 N–H and O–H groups in total. The molecule has 1 unspecified atom stereocenters. The summed E-state index contributed by atoms with van der Waals surface area (Å²) in [6, 6.07) is 5.23. The molecule has 1 aromatic carbocycles. The number of hydrogen-bond acceptors (Lipinski definition) is 7. The number of nitriles is 1. The van der Waals surface area contributed by atoms with Gasteiger partial charge in [0, 0.05) is 23.4 Å². The maximum atomic E-state index is 12.1. The van der Waals surface area contributed by atoms with Crippen molar-refractivity contribution in [2.45, 2.75) is 38.8 Å². The molecule has 0 radical (unpaired) electrons. The lowest BCUT2D eigenvalue weighted by molar-refractivity contribution is -0.119. The van der Waals surface area contributed by atoms with E-state index in [-0.39, 0.29) is 30.2 Å². The van der Waals surface area contributed by atoms with E-state index in [9.17, 15) is 14.9 Å². The molecule has 0 saturated carbocycles. The largest absolute Gasteiger partial charge is 0.490 e. The lowest BCUT2D eigenvalue weighted by Gasteiger charge is -2.16. The highest BCUT2D eigenvalue weighted by atomic mass is 16.5. The molecular formula is C20H21N3O5. The van der Waals surface area contributed by atoms with E-state index in [2.05, 4.69) is 16.4 Å². The van der Waals surface area contributed by atoms with Crippen LogP contribution in [-0.4, -0.2) is 42.7 Å². The van der Waals surface area contributed by atoms with Gasteiger partial charge < -0.3 is 19.5 Å². The summed E-state index contributed by atoms with van der Waals surface area (Å²) >= 11 is 0. The van der Waals surface area contributed by atoms with Gasteiger partial charge in [0.15, 0.2) is 0 Å². The highest BCUT2D eigenvalue weighted by molar-refractivity contribution is 6.06. The fraction of sp³-hybridized carbons (Fsp3) is 0.400. The van der Waals surface area contributed by atoms with Gasteiger partial charge in [-0.05, 0) is 32.4 Å². The Morgan fingerprint density at radius 1 is 1.39 bits per heavy atom. The van der Waals surface area contributed by atoms with Crippen molar-refractivity contribution in [2.24, 2.45) is 0 Å². The Morgan fingerprint density at radius 3 is 2.79 bits per heavy atom. The number of esters is 1. The Kier molecular flexibility index (Phi) is 5.64. The maximum absolute atomic E-state index is 12.1. The van der Waals surface area contributed by atoms with Crippen molar-refractivity contribution in [3.05, 3.63) is 29.5 Å². The molecule has 1 fully saturated rings. The molecule has 2 heterocycles. The molecule has 1 amide bonds. The van der Waals surface area contributed by atoms with Crippen molar-refractivity contribution in [1.29, 1.82) is 5.26 Å². The molecular weight excluding hydrogens is 362 g/mol. The first-order valence-electron chi connectivity index (χ1n) is 8.97. The normalized spacial score (nSPS) is 16.0. The minimum Gasteiger partial charge on any atom is -0.490 e. The molecule has 0 bridgehead atoms. The summed E-state index contributed by atoms with van der Waals surface area (Å²) in [6.45, 7) is 3.97. The number of ether oxygens (including phenoxy) is 3. The Labute approximate surface area is 162 Å². The number of methoxy groups -OCH3 is 1. The van der Waals surface area contributed by atoms with E-state index in [0.717, 1.165) is 0 Å². The Bertz CT molecular complexity index is 964. The second-order valence-corrected chi connectivity index (χ2v) is 6.76. The zero-order chi connectivity index (χ0) is 20.3. The van der Waals surface area contributed by atoms with Gasteiger partial charge in [0.25, 0.3) is 0 Å². The summed E-state index contributed by atoms with van der Waals surface area (Å²) in [7, 11) is 1.28. The molecule has 0 aliphatic carbocycles.